The molecule has 2 N–H and O–H groups in total. The molecular weight excluding hydrogens is 343 g/mol. The Labute approximate surface area is 157 Å². The molecule has 0 aliphatic carbocycles. The Hall–Kier alpha value is -3.28. The number of carbonyl (C=O) groups is 1. The minimum absolute atomic E-state index is 0.226. The molecule has 2 aromatic carbocycles. The molecule has 0 saturated carbocycles. The fraction of sp³-hybridized carbons (Fsp3) is 0.190. The van der Waals surface area contributed by atoms with Crippen molar-refractivity contribution in [2.45, 2.75) is 20.3 Å². The summed E-state index contributed by atoms with van der Waals surface area (Å²) in [6, 6.07) is 15.8. The molecular formula is C21H21FN4O. The molecule has 0 atom stereocenters. The SMILES string of the molecule is Cc1cccc(NC(=O)c2cc(NCCc3ccccc3F)nc(C)n2)c1. The van der Waals surface area contributed by atoms with E-state index in [1.165, 1.54) is 6.07 Å². The van der Waals surface area contributed by atoms with Gasteiger partial charge in [-0.2, -0.15) is 0 Å². The van der Waals surface area contributed by atoms with Gasteiger partial charge in [0.25, 0.3) is 5.91 Å². The van der Waals surface area contributed by atoms with Gasteiger partial charge in [-0.05, 0) is 49.6 Å². The lowest BCUT2D eigenvalue weighted by atomic mass is 10.1. The van der Waals surface area contributed by atoms with Crippen molar-refractivity contribution in [3.63, 3.8) is 0 Å². The van der Waals surface area contributed by atoms with Crippen molar-refractivity contribution in [3.8, 4) is 0 Å². The molecule has 0 fully saturated rings. The van der Waals surface area contributed by atoms with Crippen LogP contribution in [0.15, 0.2) is 54.6 Å². The van der Waals surface area contributed by atoms with Crippen molar-refractivity contribution >= 4 is 17.4 Å². The molecule has 1 heterocycles. The Kier molecular flexibility index (Phi) is 5.76. The number of nitrogens with zero attached hydrogens (tertiary/aromatic N) is 2. The molecule has 0 radical (unpaired) electrons. The third-order valence-electron chi connectivity index (χ3n) is 4.00. The second-order valence-electron chi connectivity index (χ2n) is 6.28. The highest BCUT2D eigenvalue weighted by Gasteiger charge is 2.11. The van der Waals surface area contributed by atoms with Crippen LogP contribution in [0.1, 0.15) is 27.4 Å². The molecule has 0 bridgehead atoms. The van der Waals surface area contributed by atoms with Gasteiger partial charge in [0.1, 0.15) is 23.2 Å². The number of halogens is 1. The van der Waals surface area contributed by atoms with Crippen LogP contribution in [0.2, 0.25) is 0 Å². The average molecular weight is 364 g/mol. The lowest BCUT2D eigenvalue weighted by Gasteiger charge is -2.10. The van der Waals surface area contributed by atoms with Crippen LogP contribution in [0.25, 0.3) is 0 Å². The van der Waals surface area contributed by atoms with Crippen LogP contribution < -0.4 is 10.6 Å². The quantitative estimate of drug-likeness (QED) is 0.690. The standard InChI is InChI=1S/C21H21FN4O/c1-14-6-5-8-17(12-14)26-21(27)19-13-20(25-15(2)24-19)23-11-10-16-7-3-4-9-18(16)22/h3-9,12-13H,10-11H2,1-2H3,(H,26,27)(H,23,24,25). The number of hydrogen-bond donors (Lipinski definition) is 2. The number of benzene rings is 2. The van der Waals surface area contributed by atoms with Gasteiger partial charge in [0.15, 0.2) is 0 Å². The van der Waals surface area contributed by atoms with Crippen LogP contribution in [-0.2, 0) is 6.42 Å². The maximum atomic E-state index is 13.7. The van der Waals surface area contributed by atoms with Crippen LogP contribution in [0, 0.1) is 19.7 Å². The van der Waals surface area contributed by atoms with Crippen molar-refractivity contribution in [3.05, 3.63) is 83.1 Å². The third kappa shape index (κ3) is 5.10. The van der Waals surface area contributed by atoms with E-state index in [9.17, 15) is 9.18 Å². The maximum absolute atomic E-state index is 13.7. The molecule has 0 spiro atoms. The molecule has 1 amide bonds. The third-order valence-corrected chi connectivity index (χ3v) is 4.00. The normalized spacial score (nSPS) is 10.5. The summed E-state index contributed by atoms with van der Waals surface area (Å²) in [4.78, 5) is 21.0. The fourth-order valence-corrected chi connectivity index (χ4v) is 2.72. The first-order valence-corrected chi connectivity index (χ1v) is 8.72. The molecule has 0 unspecified atom stereocenters. The second kappa shape index (κ2) is 8.40. The van der Waals surface area contributed by atoms with Crippen LogP contribution in [0.4, 0.5) is 15.9 Å². The largest absolute Gasteiger partial charge is 0.370 e. The van der Waals surface area contributed by atoms with E-state index >= 15 is 0 Å². The number of rotatable bonds is 6. The van der Waals surface area contributed by atoms with Gasteiger partial charge >= 0.3 is 0 Å². The molecule has 5 nitrogen and oxygen atoms in total. The molecule has 3 rings (SSSR count). The molecule has 0 saturated heterocycles. The predicted molar refractivity (Wildman–Crippen MR) is 104 cm³/mol. The zero-order valence-corrected chi connectivity index (χ0v) is 15.3. The molecule has 0 aliphatic rings. The Morgan fingerprint density at radius 2 is 1.85 bits per heavy atom. The average Bonchev–Trinajstić information content (AvgIpc) is 2.63. The number of hydrogen-bond acceptors (Lipinski definition) is 4. The van der Waals surface area contributed by atoms with E-state index in [0.717, 1.165) is 5.56 Å². The van der Waals surface area contributed by atoms with Gasteiger partial charge in [-0.25, -0.2) is 14.4 Å². The fourth-order valence-electron chi connectivity index (χ4n) is 2.72. The summed E-state index contributed by atoms with van der Waals surface area (Å²) in [5.74, 6) is 0.494. The number of nitrogens with one attached hydrogen (secondary N) is 2. The minimum atomic E-state index is -0.303. The number of amides is 1. The van der Waals surface area contributed by atoms with Crippen molar-refractivity contribution in [1.29, 1.82) is 0 Å². The van der Waals surface area contributed by atoms with Crippen LogP contribution >= 0.6 is 0 Å². The predicted octanol–water partition coefficient (Wildman–Crippen LogP) is 4.14. The van der Waals surface area contributed by atoms with E-state index in [2.05, 4.69) is 20.6 Å². The van der Waals surface area contributed by atoms with Gasteiger partial charge in [-0.3, -0.25) is 4.79 Å². The smallest absolute Gasteiger partial charge is 0.274 e. The molecule has 6 heteroatoms. The Balaban J connectivity index is 1.66. The molecule has 27 heavy (non-hydrogen) atoms. The van der Waals surface area contributed by atoms with Gasteiger partial charge in [0.2, 0.25) is 0 Å². The lowest BCUT2D eigenvalue weighted by Crippen LogP contribution is -2.16. The number of aryl methyl sites for hydroxylation is 2. The molecule has 1 aromatic heterocycles. The highest BCUT2D eigenvalue weighted by Crippen LogP contribution is 2.13. The number of aromatic nitrogens is 2. The summed E-state index contributed by atoms with van der Waals surface area (Å²) in [5, 5.41) is 5.97. The number of carbonyl (C=O) groups excluding carboxylic acids is 1. The summed E-state index contributed by atoms with van der Waals surface area (Å²) in [6.07, 6.45) is 0.514. The van der Waals surface area contributed by atoms with Gasteiger partial charge in [-0.1, -0.05) is 30.3 Å². The zero-order valence-electron chi connectivity index (χ0n) is 15.3. The zero-order chi connectivity index (χ0) is 19.2. The highest BCUT2D eigenvalue weighted by atomic mass is 19.1. The number of anilines is 2. The van der Waals surface area contributed by atoms with E-state index in [-0.39, 0.29) is 17.4 Å². The Morgan fingerprint density at radius 3 is 2.63 bits per heavy atom. The first kappa shape index (κ1) is 18.5. The summed E-state index contributed by atoms with van der Waals surface area (Å²) >= 11 is 0. The first-order chi connectivity index (χ1) is 13.0. The molecule has 138 valence electrons. The lowest BCUT2D eigenvalue weighted by molar-refractivity contribution is 0.102. The van der Waals surface area contributed by atoms with Crippen LogP contribution in [0.5, 0.6) is 0 Å². The maximum Gasteiger partial charge on any atom is 0.274 e. The first-order valence-electron chi connectivity index (χ1n) is 8.72. The van der Waals surface area contributed by atoms with Crippen molar-refractivity contribution in [1.82, 2.24) is 9.97 Å². The minimum Gasteiger partial charge on any atom is -0.370 e. The van der Waals surface area contributed by atoms with Crippen molar-refractivity contribution in [2.24, 2.45) is 0 Å². The summed E-state index contributed by atoms with van der Waals surface area (Å²) in [7, 11) is 0. The Morgan fingerprint density at radius 1 is 1.04 bits per heavy atom. The monoisotopic (exact) mass is 364 g/mol. The van der Waals surface area contributed by atoms with Crippen LogP contribution in [-0.4, -0.2) is 22.4 Å². The van der Waals surface area contributed by atoms with E-state index in [4.69, 9.17) is 0 Å². The van der Waals surface area contributed by atoms with E-state index in [0.29, 0.717) is 35.9 Å². The highest BCUT2D eigenvalue weighted by molar-refractivity contribution is 6.03. The van der Waals surface area contributed by atoms with Crippen LogP contribution in [0.3, 0.4) is 0 Å². The summed E-state index contributed by atoms with van der Waals surface area (Å²) in [6.45, 7) is 4.18. The van der Waals surface area contributed by atoms with E-state index in [1.54, 1.807) is 31.2 Å². The van der Waals surface area contributed by atoms with Crippen molar-refractivity contribution < 1.29 is 9.18 Å². The molecule has 3 aromatic rings. The Bertz CT molecular complexity index is 958. The van der Waals surface area contributed by atoms with Crippen molar-refractivity contribution in [2.75, 3.05) is 17.2 Å². The van der Waals surface area contributed by atoms with Gasteiger partial charge in [0, 0.05) is 18.3 Å². The summed E-state index contributed by atoms with van der Waals surface area (Å²) in [5.41, 5.74) is 2.68. The van der Waals surface area contributed by atoms with Gasteiger partial charge in [0.05, 0.1) is 0 Å². The topological polar surface area (TPSA) is 66.9 Å². The van der Waals surface area contributed by atoms with Gasteiger partial charge in [-0.15, -0.1) is 0 Å². The van der Waals surface area contributed by atoms with E-state index in [1.807, 2.05) is 31.2 Å². The van der Waals surface area contributed by atoms with E-state index < -0.39 is 0 Å². The van der Waals surface area contributed by atoms with Gasteiger partial charge < -0.3 is 10.6 Å². The summed E-state index contributed by atoms with van der Waals surface area (Å²) < 4.78 is 13.7. The second-order valence-corrected chi connectivity index (χ2v) is 6.28. The molecule has 0 aliphatic heterocycles.